The van der Waals surface area contributed by atoms with E-state index in [-0.39, 0.29) is 11.7 Å². The molecule has 0 saturated carbocycles. The maximum atomic E-state index is 11.3. The van der Waals surface area contributed by atoms with Gasteiger partial charge in [-0.2, -0.15) is 0 Å². The lowest BCUT2D eigenvalue weighted by Gasteiger charge is -2.15. The van der Waals surface area contributed by atoms with Gasteiger partial charge in [-0.15, -0.1) is 0 Å². The van der Waals surface area contributed by atoms with Crippen LogP contribution in [0.2, 0.25) is 0 Å². The average molecular weight is 158 g/mol. The average Bonchev–Trinajstić information content (AvgIpc) is 2.03. The van der Waals surface area contributed by atoms with Crippen LogP contribution >= 0.6 is 0 Å². The molecule has 1 heteroatoms. The molecular weight excluding hydrogens is 148 g/mol. The number of carbonyl (C=O) groups excluding carboxylic acids is 1. The van der Waals surface area contributed by atoms with E-state index in [0.717, 1.165) is 6.42 Å². The number of carbonyl (C=O) groups is 1. The van der Waals surface area contributed by atoms with Gasteiger partial charge in [0.2, 0.25) is 0 Å². The Hall–Kier alpha value is -1.37. The van der Waals surface area contributed by atoms with E-state index in [2.05, 4.69) is 6.08 Å². The van der Waals surface area contributed by atoms with E-state index in [9.17, 15) is 4.79 Å². The Balaban J connectivity index is 2.41. The second kappa shape index (κ2) is 2.94. The largest absolute Gasteiger partial charge is 0.294 e. The minimum Gasteiger partial charge on any atom is -0.294 e. The monoisotopic (exact) mass is 158 g/mol. The first kappa shape index (κ1) is 7.29. The Morgan fingerprint density at radius 2 is 2.08 bits per heavy atom. The Morgan fingerprint density at radius 3 is 3.00 bits per heavy atom. The Labute approximate surface area is 71.8 Å². The van der Waals surface area contributed by atoms with Gasteiger partial charge in [0, 0.05) is 5.92 Å². The van der Waals surface area contributed by atoms with Crippen LogP contribution in [0.5, 0.6) is 0 Å². The van der Waals surface area contributed by atoms with Crippen LogP contribution in [0.15, 0.2) is 48.1 Å². The molecule has 0 amide bonds. The first-order chi connectivity index (χ1) is 5.86. The summed E-state index contributed by atoms with van der Waals surface area (Å²) in [6, 6.07) is 0. The van der Waals surface area contributed by atoms with E-state index in [0.29, 0.717) is 0 Å². The molecule has 0 radical (unpaired) electrons. The minimum absolute atomic E-state index is 0.0752. The molecule has 2 rings (SSSR count). The highest BCUT2D eigenvalue weighted by atomic mass is 16.1. The summed E-state index contributed by atoms with van der Waals surface area (Å²) in [6.45, 7) is 0. The van der Waals surface area contributed by atoms with Crippen LogP contribution in [-0.2, 0) is 4.79 Å². The van der Waals surface area contributed by atoms with Crippen molar-refractivity contribution in [3.8, 4) is 0 Å². The van der Waals surface area contributed by atoms with Crippen LogP contribution in [0, 0.1) is 5.92 Å². The zero-order chi connectivity index (χ0) is 8.39. The smallest absolute Gasteiger partial charge is 0.162 e. The molecule has 0 N–H and O–H groups in total. The minimum atomic E-state index is 0.0752. The molecule has 60 valence electrons. The van der Waals surface area contributed by atoms with Gasteiger partial charge in [-0.05, 0) is 18.1 Å². The molecule has 2 aliphatic rings. The Kier molecular flexibility index (Phi) is 1.78. The van der Waals surface area contributed by atoms with Crippen molar-refractivity contribution in [2.24, 2.45) is 5.92 Å². The van der Waals surface area contributed by atoms with E-state index in [1.807, 2.05) is 30.4 Å². The fourth-order valence-electron chi connectivity index (χ4n) is 1.46. The zero-order valence-electron chi connectivity index (χ0n) is 6.73. The normalized spacial score (nSPS) is 36.2. The van der Waals surface area contributed by atoms with Crippen molar-refractivity contribution in [2.45, 2.75) is 6.42 Å². The van der Waals surface area contributed by atoms with Crippen LogP contribution in [-0.4, -0.2) is 5.78 Å². The molecule has 2 bridgehead atoms. The van der Waals surface area contributed by atoms with Gasteiger partial charge in [-0.3, -0.25) is 4.79 Å². The third-order valence-electron chi connectivity index (χ3n) is 2.16. The zero-order valence-corrected chi connectivity index (χ0v) is 6.73. The maximum absolute atomic E-state index is 11.3. The van der Waals surface area contributed by atoms with Crippen molar-refractivity contribution in [1.82, 2.24) is 0 Å². The summed E-state index contributed by atoms with van der Waals surface area (Å²) >= 11 is 0. The topological polar surface area (TPSA) is 17.1 Å². The highest BCUT2D eigenvalue weighted by molar-refractivity contribution is 5.95. The van der Waals surface area contributed by atoms with E-state index >= 15 is 0 Å². The third kappa shape index (κ3) is 1.30. The summed E-state index contributed by atoms with van der Waals surface area (Å²) in [4.78, 5) is 11.3. The number of allylic oxidation sites excluding steroid dienone is 8. The SMILES string of the molecule is O=C1C=C/C2=C/C=C\C=C/C1C2. The summed E-state index contributed by atoms with van der Waals surface area (Å²) in [5.74, 6) is 0.296. The van der Waals surface area contributed by atoms with Crippen molar-refractivity contribution >= 4 is 5.78 Å². The van der Waals surface area contributed by atoms with E-state index in [1.165, 1.54) is 5.57 Å². The van der Waals surface area contributed by atoms with E-state index in [1.54, 1.807) is 6.08 Å². The van der Waals surface area contributed by atoms with Gasteiger partial charge in [-0.25, -0.2) is 0 Å². The number of hydrogen-bond donors (Lipinski definition) is 0. The van der Waals surface area contributed by atoms with E-state index < -0.39 is 0 Å². The van der Waals surface area contributed by atoms with E-state index in [4.69, 9.17) is 0 Å². The van der Waals surface area contributed by atoms with Crippen LogP contribution in [0.25, 0.3) is 0 Å². The fraction of sp³-hybridized carbons (Fsp3) is 0.182. The van der Waals surface area contributed by atoms with Crippen molar-refractivity contribution < 1.29 is 4.79 Å². The number of ketones is 1. The number of hydrogen-bond acceptors (Lipinski definition) is 1. The lowest BCUT2D eigenvalue weighted by Crippen LogP contribution is -2.14. The molecule has 0 fully saturated rings. The number of rotatable bonds is 0. The van der Waals surface area contributed by atoms with Gasteiger partial charge in [-0.1, -0.05) is 36.5 Å². The molecule has 0 aromatic rings. The highest BCUT2D eigenvalue weighted by Crippen LogP contribution is 2.22. The summed E-state index contributed by atoms with van der Waals surface area (Å²) in [6.07, 6.45) is 14.4. The fourth-order valence-corrected chi connectivity index (χ4v) is 1.46. The van der Waals surface area contributed by atoms with Crippen LogP contribution in [0.3, 0.4) is 0 Å². The maximum Gasteiger partial charge on any atom is 0.162 e. The molecule has 2 aliphatic carbocycles. The molecule has 0 heterocycles. The van der Waals surface area contributed by atoms with Crippen molar-refractivity contribution in [2.75, 3.05) is 0 Å². The summed E-state index contributed by atoms with van der Waals surface area (Å²) in [7, 11) is 0. The van der Waals surface area contributed by atoms with Crippen molar-refractivity contribution in [3.05, 3.63) is 48.1 Å². The third-order valence-corrected chi connectivity index (χ3v) is 2.16. The molecule has 0 aliphatic heterocycles. The highest BCUT2D eigenvalue weighted by Gasteiger charge is 2.17. The van der Waals surface area contributed by atoms with Gasteiger partial charge in [0.15, 0.2) is 5.78 Å². The lowest BCUT2D eigenvalue weighted by molar-refractivity contribution is -0.117. The van der Waals surface area contributed by atoms with Crippen LogP contribution < -0.4 is 0 Å². The first-order valence-electron chi connectivity index (χ1n) is 4.12. The quantitative estimate of drug-likeness (QED) is 0.528. The predicted molar refractivity (Wildman–Crippen MR) is 48.6 cm³/mol. The Morgan fingerprint density at radius 1 is 1.17 bits per heavy atom. The second-order valence-electron chi connectivity index (χ2n) is 3.06. The second-order valence-corrected chi connectivity index (χ2v) is 3.06. The van der Waals surface area contributed by atoms with Gasteiger partial charge in [0.25, 0.3) is 0 Å². The molecule has 1 atom stereocenters. The molecule has 0 aromatic heterocycles. The standard InChI is InChI=1S/C11H10O/c12-11-7-6-9-4-2-1-3-5-10(11)8-9/h1-7,10H,8H2/b2-1-,5-3-,9-4-. The van der Waals surface area contributed by atoms with Crippen molar-refractivity contribution in [1.29, 1.82) is 0 Å². The van der Waals surface area contributed by atoms with Gasteiger partial charge in [0.05, 0.1) is 0 Å². The molecule has 0 saturated heterocycles. The first-order valence-corrected chi connectivity index (χ1v) is 4.12. The molecule has 12 heavy (non-hydrogen) atoms. The molecule has 0 spiro atoms. The predicted octanol–water partition coefficient (Wildman–Crippen LogP) is 2.18. The van der Waals surface area contributed by atoms with Crippen LogP contribution in [0.4, 0.5) is 0 Å². The molecule has 1 unspecified atom stereocenters. The molecular formula is C11H10O. The van der Waals surface area contributed by atoms with Gasteiger partial charge in [0.1, 0.15) is 0 Å². The summed E-state index contributed by atoms with van der Waals surface area (Å²) in [5.41, 5.74) is 1.24. The lowest BCUT2D eigenvalue weighted by atomic mass is 9.88. The Bertz CT molecular complexity index is 316. The van der Waals surface area contributed by atoms with Gasteiger partial charge >= 0.3 is 0 Å². The van der Waals surface area contributed by atoms with Gasteiger partial charge < -0.3 is 0 Å². The van der Waals surface area contributed by atoms with Crippen LogP contribution in [0.1, 0.15) is 6.42 Å². The molecule has 0 aromatic carbocycles. The summed E-state index contributed by atoms with van der Waals surface area (Å²) < 4.78 is 0. The molecule has 1 nitrogen and oxygen atoms in total. The number of fused-ring (bicyclic) bond motifs is 2. The van der Waals surface area contributed by atoms with Crippen molar-refractivity contribution in [3.63, 3.8) is 0 Å². The summed E-state index contributed by atoms with van der Waals surface area (Å²) in [5, 5.41) is 0.